The topological polar surface area (TPSA) is 77.8 Å². The zero-order valence-electron chi connectivity index (χ0n) is 19.6. The van der Waals surface area contributed by atoms with Gasteiger partial charge in [0.2, 0.25) is 0 Å². The summed E-state index contributed by atoms with van der Waals surface area (Å²) in [5.41, 5.74) is 5.91. The number of hydrogen-bond donors (Lipinski definition) is 3. The predicted molar refractivity (Wildman–Crippen MR) is 124 cm³/mol. The number of rotatable bonds is 3. The third-order valence-corrected chi connectivity index (χ3v) is 5.05. The van der Waals surface area contributed by atoms with Gasteiger partial charge in [-0.15, -0.1) is 0 Å². The number of carboxylic acids is 1. The van der Waals surface area contributed by atoms with Crippen LogP contribution >= 0.6 is 0 Å². The Labute approximate surface area is 180 Å². The van der Waals surface area contributed by atoms with E-state index < -0.39 is 5.97 Å². The second-order valence-electron chi connectivity index (χ2n) is 9.82. The van der Waals surface area contributed by atoms with Crippen molar-refractivity contribution in [3.63, 3.8) is 0 Å². The lowest BCUT2D eigenvalue weighted by Gasteiger charge is -2.23. The Morgan fingerprint density at radius 3 is 1.37 bits per heavy atom. The van der Waals surface area contributed by atoms with E-state index in [0.29, 0.717) is 17.9 Å². The maximum atomic E-state index is 10.6. The van der Waals surface area contributed by atoms with Crippen molar-refractivity contribution in [3.8, 4) is 11.5 Å². The number of carbonyl (C=O) groups is 1. The summed E-state index contributed by atoms with van der Waals surface area (Å²) in [6.07, 6.45) is 1.35. The van der Waals surface area contributed by atoms with Gasteiger partial charge in [-0.05, 0) is 58.1 Å². The van der Waals surface area contributed by atoms with Gasteiger partial charge in [-0.3, -0.25) is 0 Å². The highest BCUT2D eigenvalue weighted by Gasteiger charge is 2.20. The number of aryl methyl sites for hydroxylation is 2. The molecule has 30 heavy (non-hydrogen) atoms. The number of benzene rings is 2. The summed E-state index contributed by atoms with van der Waals surface area (Å²) in [4.78, 5) is 9.25. The molecule has 0 aliphatic rings. The summed E-state index contributed by atoms with van der Waals surface area (Å²) in [7, 11) is 0. The zero-order chi connectivity index (χ0) is 23.4. The van der Waals surface area contributed by atoms with E-state index in [-0.39, 0.29) is 10.8 Å². The average Bonchev–Trinajstić information content (AvgIpc) is 2.60. The summed E-state index contributed by atoms with van der Waals surface area (Å²) in [5.74, 6) is -0.331. The van der Waals surface area contributed by atoms with Gasteiger partial charge in [-0.2, -0.15) is 0 Å². The molecular weight excluding hydrogens is 376 g/mol. The minimum absolute atomic E-state index is 0.0123. The Balaban J connectivity index is 0.000000804. The van der Waals surface area contributed by atoms with Gasteiger partial charge in [-0.25, -0.2) is 4.79 Å². The van der Waals surface area contributed by atoms with Crippen LogP contribution in [-0.2, 0) is 22.0 Å². The van der Waals surface area contributed by atoms with Gasteiger partial charge in [0.1, 0.15) is 11.5 Å². The van der Waals surface area contributed by atoms with Crippen LogP contribution in [-0.4, -0.2) is 21.3 Å². The van der Waals surface area contributed by atoms with Crippen molar-refractivity contribution in [2.45, 2.75) is 72.6 Å². The molecule has 4 heteroatoms. The molecule has 0 aliphatic heterocycles. The Bertz CT molecular complexity index is 858. The van der Waals surface area contributed by atoms with Crippen LogP contribution in [0.4, 0.5) is 0 Å². The first-order valence-corrected chi connectivity index (χ1v) is 10.1. The Kier molecular flexibility index (Phi) is 7.90. The molecule has 0 unspecified atom stereocenters. The molecule has 2 aromatic rings. The summed E-state index contributed by atoms with van der Waals surface area (Å²) in [5, 5.41) is 28.7. The molecular formula is C26H36O4. The van der Waals surface area contributed by atoms with Crippen LogP contribution in [0.3, 0.4) is 0 Å². The smallest absolute Gasteiger partial charge is 0.327 e. The maximum absolute atomic E-state index is 10.6. The van der Waals surface area contributed by atoms with E-state index in [1.54, 1.807) is 0 Å². The highest BCUT2D eigenvalue weighted by molar-refractivity contribution is 5.78. The first-order valence-electron chi connectivity index (χ1n) is 10.1. The van der Waals surface area contributed by atoms with E-state index in [0.717, 1.165) is 28.3 Å². The molecule has 0 aliphatic carbocycles. The molecule has 3 N–H and O–H groups in total. The van der Waals surface area contributed by atoms with Gasteiger partial charge in [0, 0.05) is 12.5 Å². The fourth-order valence-corrected chi connectivity index (χ4v) is 3.05. The minimum atomic E-state index is -0.981. The Hall–Kier alpha value is -2.75. The van der Waals surface area contributed by atoms with Gasteiger partial charge in [0.05, 0.1) is 0 Å². The van der Waals surface area contributed by atoms with Crippen LogP contribution in [0.1, 0.15) is 74.9 Å². The second kappa shape index (κ2) is 9.38. The van der Waals surface area contributed by atoms with Crippen molar-refractivity contribution in [1.82, 2.24) is 0 Å². The van der Waals surface area contributed by atoms with Crippen molar-refractivity contribution in [3.05, 3.63) is 70.3 Å². The zero-order valence-corrected chi connectivity index (χ0v) is 19.6. The Morgan fingerprint density at radius 1 is 0.833 bits per heavy atom. The van der Waals surface area contributed by atoms with Gasteiger partial charge < -0.3 is 15.3 Å². The van der Waals surface area contributed by atoms with Crippen LogP contribution in [0.25, 0.3) is 0 Å². The van der Waals surface area contributed by atoms with Crippen molar-refractivity contribution >= 4 is 5.97 Å². The summed E-state index contributed by atoms with van der Waals surface area (Å²) >= 11 is 0. The number of phenolic OH excluding ortho intramolecular Hbond substituents is 2. The van der Waals surface area contributed by atoms with Crippen LogP contribution in [0.5, 0.6) is 11.5 Å². The molecule has 4 nitrogen and oxygen atoms in total. The molecule has 0 saturated heterocycles. The molecule has 0 spiro atoms. The molecule has 0 radical (unpaired) electrons. The van der Waals surface area contributed by atoms with E-state index >= 15 is 0 Å². The largest absolute Gasteiger partial charge is 0.507 e. The lowest BCUT2D eigenvalue weighted by Crippen LogP contribution is -2.13. The number of aliphatic carboxylic acids is 1. The lowest BCUT2D eigenvalue weighted by molar-refractivity contribution is -0.131. The summed E-state index contributed by atoms with van der Waals surface area (Å²) < 4.78 is 0. The number of hydrogen-bond acceptors (Lipinski definition) is 3. The Morgan fingerprint density at radius 2 is 1.13 bits per heavy atom. The van der Waals surface area contributed by atoms with Crippen molar-refractivity contribution in [2.24, 2.45) is 0 Å². The van der Waals surface area contributed by atoms with E-state index in [2.05, 4.69) is 72.4 Å². The molecule has 0 bridgehead atoms. The van der Waals surface area contributed by atoms with Crippen molar-refractivity contribution in [1.29, 1.82) is 0 Å². The van der Waals surface area contributed by atoms with E-state index in [1.165, 1.54) is 11.1 Å². The fourth-order valence-electron chi connectivity index (χ4n) is 3.05. The van der Waals surface area contributed by atoms with Crippen LogP contribution < -0.4 is 0 Å². The molecule has 0 amide bonds. The summed E-state index contributed by atoms with van der Waals surface area (Å²) in [6, 6.07) is 8.24. The number of phenols is 2. The van der Waals surface area contributed by atoms with E-state index in [9.17, 15) is 15.0 Å². The quantitative estimate of drug-likeness (QED) is 0.528. The molecule has 0 aromatic heterocycles. The first kappa shape index (κ1) is 25.3. The molecule has 0 heterocycles. The van der Waals surface area contributed by atoms with Crippen LogP contribution in [0.15, 0.2) is 36.9 Å². The van der Waals surface area contributed by atoms with E-state index in [1.807, 2.05) is 13.8 Å². The highest BCUT2D eigenvalue weighted by Crippen LogP contribution is 2.36. The molecule has 0 saturated carbocycles. The normalized spacial score (nSPS) is 11.5. The maximum Gasteiger partial charge on any atom is 0.327 e. The van der Waals surface area contributed by atoms with E-state index in [4.69, 9.17) is 5.11 Å². The predicted octanol–water partition coefficient (Wildman–Crippen LogP) is 6.16. The third-order valence-electron chi connectivity index (χ3n) is 5.05. The SMILES string of the molecule is C=CC(=O)O.Cc1cc(C(C)(C)C)cc(Cc2cc(C(C)(C)C)cc(C)c2O)c1O. The van der Waals surface area contributed by atoms with Crippen molar-refractivity contribution in [2.75, 3.05) is 0 Å². The van der Waals surface area contributed by atoms with Gasteiger partial charge in [0.15, 0.2) is 0 Å². The fraction of sp³-hybridized carbons (Fsp3) is 0.423. The second-order valence-corrected chi connectivity index (χ2v) is 9.82. The summed E-state index contributed by atoms with van der Waals surface area (Å²) in [6.45, 7) is 19.9. The highest BCUT2D eigenvalue weighted by atomic mass is 16.4. The third kappa shape index (κ3) is 6.65. The molecule has 0 atom stereocenters. The average molecular weight is 413 g/mol. The van der Waals surface area contributed by atoms with Gasteiger partial charge in [0.25, 0.3) is 0 Å². The van der Waals surface area contributed by atoms with Crippen LogP contribution in [0, 0.1) is 13.8 Å². The molecule has 2 rings (SSSR count). The van der Waals surface area contributed by atoms with Gasteiger partial charge in [-0.1, -0.05) is 72.4 Å². The monoisotopic (exact) mass is 412 g/mol. The van der Waals surface area contributed by atoms with Gasteiger partial charge >= 0.3 is 5.97 Å². The standard InChI is InChI=1S/C23H32O2.C3H4O2/c1-14-9-18(22(3,4)5)12-16(20(14)24)11-17-13-19(23(6,7)8)10-15(2)21(17)25;1-2-3(4)5/h9-10,12-13,24-25H,11H2,1-8H3;2H,1H2,(H,4,5). The number of aromatic hydroxyl groups is 2. The van der Waals surface area contributed by atoms with Crippen LogP contribution in [0.2, 0.25) is 0 Å². The van der Waals surface area contributed by atoms with Crippen molar-refractivity contribution < 1.29 is 20.1 Å². The molecule has 0 fully saturated rings. The molecule has 2 aromatic carbocycles. The lowest BCUT2D eigenvalue weighted by atomic mass is 9.82. The number of carboxylic acid groups (broad SMARTS) is 1. The molecule has 164 valence electrons. The minimum Gasteiger partial charge on any atom is -0.507 e. The first-order chi connectivity index (χ1) is 13.6.